The maximum Gasteiger partial charge on any atom is 0.126 e. The molecule has 1 aromatic rings. The van der Waals surface area contributed by atoms with E-state index in [1.165, 1.54) is 12.1 Å². The van der Waals surface area contributed by atoms with Gasteiger partial charge in [-0.1, -0.05) is 0 Å². The van der Waals surface area contributed by atoms with Crippen LogP contribution in [0.4, 0.5) is 10.1 Å². The Balaban J connectivity index is 1.90. The zero-order chi connectivity index (χ0) is 12.5. The van der Waals surface area contributed by atoms with E-state index >= 15 is 0 Å². The Morgan fingerprint density at radius 3 is 2.82 bits per heavy atom. The molecule has 1 saturated heterocycles. The van der Waals surface area contributed by atoms with Crippen molar-refractivity contribution in [3.63, 3.8) is 0 Å². The molecule has 1 atom stereocenters. The summed E-state index contributed by atoms with van der Waals surface area (Å²) in [6.45, 7) is 4.22. The van der Waals surface area contributed by atoms with E-state index in [4.69, 9.17) is 10.5 Å². The first kappa shape index (κ1) is 12.7. The van der Waals surface area contributed by atoms with Crippen molar-refractivity contribution in [2.24, 2.45) is 0 Å². The van der Waals surface area contributed by atoms with Crippen molar-refractivity contribution in [3.8, 4) is 0 Å². The van der Waals surface area contributed by atoms with E-state index in [0.717, 1.165) is 23.5 Å². The summed E-state index contributed by atoms with van der Waals surface area (Å²) in [4.78, 5) is 0.871. The molecule has 2 nitrogen and oxygen atoms in total. The van der Waals surface area contributed by atoms with Gasteiger partial charge in [-0.25, -0.2) is 4.39 Å². The lowest BCUT2D eigenvalue weighted by molar-refractivity contribution is -0.00466. The summed E-state index contributed by atoms with van der Waals surface area (Å²) in [5.74, 6) is 0.576. The van der Waals surface area contributed by atoms with Gasteiger partial charge in [-0.15, -0.1) is 11.8 Å². The Labute approximate surface area is 106 Å². The minimum atomic E-state index is -0.278. The topological polar surface area (TPSA) is 35.2 Å². The Hall–Kier alpha value is -0.740. The van der Waals surface area contributed by atoms with Crippen LogP contribution in [-0.4, -0.2) is 17.5 Å². The van der Waals surface area contributed by atoms with Crippen molar-refractivity contribution >= 4 is 17.4 Å². The summed E-state index contributed by atoms with van der Waals surface area (Å²) in [6.07, 6.45) is 2.42. The summed E-state index contributed by atoms with van der Waals surface area (Å²) in [6, 6.07) is 4.65. The SMILES string of the molecule is CC1(C)CCC(CSc2cc(N)cc(F)c2)O1. The van der Waals surface area contributed by atoms with Crippen molar-refractivity contribution in [3.05, 3.63) is 24.0 Å². The molecule has 4 heteroatoms. The molecule has 0 amide bonds. The van der Waals surface area contributed by atoms with Crippen LogP contribution in [0.2, 0.25) is 0 Å². The number of ether oxygens (including phenoxy) is 1. The van der Waals surface area contributed by atoms with Crippen LogP contribution in [0.3, 0.4) is 0 Å². The molecular weight excluding hydrogens is 237 g/mol. The maximum absolute atomic E-state index is 13.1. The van der Waals surface area contributed by atoms with E-state index < -0.39 is 0 Å². The zero-order valence-electron chi connectivity index (χ0n) is 10.2. The van der Waals surface area contributed by atoms with Gasteiger partial charge >= 0.3 is 0 Å². The van der Waals surface area contributed by atoms with Crippen LogP contribution in [0.25, 0.3) is 0 Å². The lowest BCUT2D eigenvalue weighted by atomic mass is 10.1. The summed E-state index contributed by atoms with van der Waals surface area (Å²) < 4.78 is 19.0. The molecule has 1 aliphatic heterocycles. The van der Waals surface area contributed by atoms with Crippen molar-refractivity contribution in [1.82, 2.24) is 0 Å². The van der Waals surface area contributed by atoms with Crippen LogP contribution < -0.4 is 5.73 Å². The van der Waals surface area contributed by atoms with Gasteiger partial charge < -0.3 is 10.5 Å². The lowest BCUT2D eigenvalue weighted by Gasteiger charge is -2.19. The third kappa shape index (κ3) is 3.61. The number of hydrogen-bond acceptors (Lipinski definition) is 3. The summed E-state index contributed by atoms with van der Waals surface area (Å²) in [5.41, 5.74) is 6.07. The highest BCUT2D eigenvalue weighted by molar-refractivity contribution is 7.99. The fourth-order valence-electron chi connectivity index (χ4n) is 2.05. The third-order valence-electron chi connectivity index (χ3n) is 2.88. The number of hydrogen-bond donors (Lipinski definition) is 1. The van der Waals surface area contributed by atoms with Crippen molar-refractivity contribution in [1.29, 1.82) is 0 Å². The van der Waals surface area contributed by atoms with Gasteiger partial charge in [0.1, 0.15) is 5.82 Å². The molecule has 1 fully saturated rings. The molecule has 2 rings (SSSR count). The Bertz CT molecular complexity index is 388. The van der Waals surface area contributed by atoms with E-state index in [0.29, 0.717) is 5.69 Å². The second kappa shape index (κ2) is 4.86. The predicted octanol–water partition coefficient (Wildman–Crippen LogP) is 3.46. The van der Waals surface area contributed by atoms with Crippen LogP contribution in [0.15, 0.2) is 23.1 Å². The van der Waals surface area contributed by atoms with Crippen LogP contribution >= 0.6 is 11.8 Å². The van der Waals surface area contributed by atoms with Gasteiger partial charge in [-0.3, -0.25) is 0 Å². The summed E-state index contributed by atoms with van der Waals surface area (Å²) in [7, 11) is 0. The molecule has 1 aromatic carbocycles. The van der Waals surface area contributed by atoms with E-state index in [1.807, 2.05) is 0 Å². The fraction of sp³-hybridized carbons (Fsp3) is 0.538. The highest BCUT2D eigenvalue weighted by Gasteiger charge is 2.31. The number of thioether (sulfide) groups is 1. The van der Waals surface area contributed by atoms with Crippen LogP contribution in [0.1, 0.15) is 26.7 Å². The monoisotopic (exact) mass is 255 g/mol. The summed E-state index contributed by atoms with van der Waals surface area (Å²) in [5, 5.41) is 0. The molecule has 0 spiro atoms. The highest BCUT2D eigenvalue weighted by Crippen LogP contribution is 2.33. The molecule has 0 aliphatic carbocycles. The van der Waals surface area contributed by atoms with Gasteiger partial charge in [0.25, 0.3) is 0 Å². The van der Waals surface area contributed by atoms with E-state index in [9.17, 15) is 4.39 Å². The van der Waals surface area contributed by atoms with Crippen LogP contribution in [-0.2, 0) is 4.74 Å². The van der Waals surface area contributed by atoms with Gasteiger partial charge in [0.15, 0.2) is 0 Å². The molecule has 0 saturated carbocycles. The van der Waals surface area contributed by atoms with Gasteiger partial charge in [0.05, 0.1) is 11.7 Å². The molecule has 1 heterocycles. The molecule has 2 N–H and O–H groups in total. The van der Waals surface area contributed by atoms with Crippen molar-refractivity contribution in [2.75, 3.05) is 11.5 Å². The first-order chi connectivity index (χ1) is 7.94. The Morgan fingerprint density at radius 2 is 2.24 bits per heavy atom. The van der Waals surface area contributed by atoms with Crippen LogP contribution in [0.5, 0.6) is 0 Å². The van der Waals surface area contributed by atoms with E-state index in [2.05, 4.69) is 13.8 Å². The smallest absolute Gasteiger partial charge is 0.126 e. The molecular formula is C13H18FNOS. The zero-order valence-corrected chi connectivity index (χ0v) is 11.0. The van der Waals surface area contributed by atoms with Gasteiger partial charge in [0, 0.05) is 16.3 Å². The molecule has 1 unspecified atom stereocenters. The normalized spacial score (nSPS) is 22.9. The number of rotatable bonds is 3. The second-order valence-electron chi connectivity index (χ2n) is 5.07. The number of benzene rings is 1. The van der Waals surface area contributed by atoms with Gasteiger partial charge in [-0.05, 0) is 44.9 Å². The molecule has 0 radical (unpaired) electrons. The second-order valence-corrected chi connectivity index (χ2v) is 6.16. The van der Waals surface area contributed by atoms with Gasteiger partial charge in [0.2, 0.25) is 0 Å². The minimum Gasteiger partial charge on any atom is -0.399 e. The fourth-order valence-corrected chi connectivity index (χ4v) is 3.08. The average molecular weight is 255 g/mol. The molecule has 0 aromatic heterocycles. The highest BCUT2D eigenvalue weighted by atomic mass is 32.2. The largest absolute Gasteiger partial charge is 0.399 e. The molecule has 0 bridgehead atoms. The first-order valence-electron chi connectivity index (χ1n) is 5.81. The van der Waals surface area contributed by atoms with Crippen LogP contribution in [0, 0.1) is 5.82 Å². The summed E-state index contributed by atoms with van der Waals surface area (Å²) >= 11 is 1.60. The number of halogens is 1. The number of nitrogen functional groups attached to an aromatic ring is 1. The lowest BCUT2D eigenvalue weighted by Crippen LogP contribution is -2.21. The number of nitrogens with two attached hydrogens (primary N) is 1. The first-order valence-corrected chi connectivity index (χ1v) is 6.80. The predicted molar refractivity (Wildman–Crippen MR) is 69.7 cm³/mol. The Kier molecular flexibility index (Phi) is 3.64. The third-order valence-corrected chi connectivity index (χ3v) is 3.99. The average Bonchev–Trinajstić information content (AvgIpc) is 2.54. The minimum absolute atomic E-state index is 0.00775. The molecule has 17 heavy (non-hydrogen) atoms. The quantitative estimate of drug-likeness (QED) is 0.663. The van der Waals surface area contributed by atoms with E-state index in [1.54, 1.807) is 17.8 Å². The van der Waals surface area contributed by atoms with Crippen molar-refractivity contribution < 1.29 is 9.13 Å². The standard InChI is InChI=1S/C13H18FNOS/c1-13(2)4-3-11(16-13)8-17-12-6-9(14)5-10(15)7-12/h5-7,11H,3-4,8,15H2,1-2H3. The molecule has 94 valence electrons. The van der Waals surface area contributed by atoms with Gasteiger partial charge in [-0.2, -0.15) is 0 Å². The molecule has 1 aliphatic rings. The maximum atomic E-state index is 13.1. The van der Waals surface area contributed by atoms with Crippen molar-refractivity contribution in [2.45, 2.75) is 43.3 Å². The van der Waals surface area contributed by atoms with E-state index in [-0.39, 0.29) is 17.5 Å². The Morgan fingerprint density at radius 1 is 1.47 bits per heavy atom. The number of anilines is 1.